The van der Waals surface area contributed by atoms with Crippen LogP contribution in [0.15, 0.2) is 65.7 Å². The number of carbonyl (C=O) groups excluding carboxylic acids is 1. The van der Waals surface area contributed by atoms with Crippen molar-refractivity contribution in [2.75, 3.05) is 6.61 Å². The van der Waals surface area contributed by atoms with Crippen LogP contribution in [0.4, 0.5) is 13.2 Å². The van der Waals surface area contributed by atoms with Gasteiger partial charge in [0, 0.05) is 11.1 Å². The second-order valence-corrected chi connectivity index (χ2v) is 9.92. The van der Waals surface area contributed by atoms with Crippen molar-refractivity contribution in [3.8, 4) is 0 Å². The predicted octanol–water partition coefficient (Wildman–Crippen LogP) is 4.44. The van der Waals surface area contributed by atoms with E-state index >= 15 is 0 Å². The van der Waals surface area contributed by atoms with E-state index in [0.717, 1.165) is 0 Å². The van der Waals surface area contributed by atoms with Gasteiger partial charge in [-0.2, -0.15) is 13.2 Å². The van der Waals surface area contributed by atoms with E-state index in [1.54, 1.807) is 60.7 Å². The monoisotopic (exact) mass is 468 g/mol. The van der Waals surface area contributed by atoms with Gasteiger partial charge in [-0.3, -0.25) is 4.99 Å². The van der Waals surface area contributed by atoms with Gasteiger partial charge >= 0.3 is 12.1 Å². The maximum absolute atomic E-state index is 14.1. The Kier molecular flexibility index (Phi) is 8.74. The molecule has 0 amide bonds. The number of esters is 1. The van der Waals surface area contributed by atoms with Gasteiger partial charge in [0.25, 0.3) is 0 Å². The van der Waals surface area contributed by atoms with Crippen LogP contribution >= 0.6 is 0 Å². The number of alkyl halides is 3. The summed E-state index contributed by atoms with van der Waals surface area (Å²) in [6.07, 6.45) is -4.92. The van der Waals surface area contributed by atoms with Crippen LogP contribution in [0.3, 0.4) is 0 Å². The van der Waals surface area contributed by atoms with Gasteiger partial charge in [0.05, 0.1) is 28.1 Å². The highest BCUT2D eigenvalue weighted by atomic mass is 32.2. The largest absolute Gasteiger partial charge is 0.464 e. The van der Waals surface area contributed by atoms with Crippen molar-refractivity contribution in [2.45, 2.75) is 50.7 Å². The first-order valence-electron chi connectivity index (χ1n) is 10.0. The summed E-state index contributed by atoms with van der Waals surface area (Å²) in [6.45, 7) is 5.98. The number of ether oxygens (including phenoxy) is 1. The molecule has 0 saturated heterocycles. The molecule has 0 radical (unpaired) electrons. The topological polar surface area (TPSA) is 67.8 Å². The minimum absolute atomic E-state index is 0.121. The first kappa shape index (κ1) is 25.7. The molecule has 0 aliphatic carbocycles. The Balaban J connectivity index is 2.67. The van der Waals surface area contributed by atoms with E-state index in [9.17, 15) is 22.2 Å². The minimum Gasteiger partial charge on any atom is -0.464 e. The molecule has 0 heterocycles. The highest BCUT2D eigenvalue weighted by molar-refractivity contribution is 7.84. The molecule has 0 unspecified atom stereocenters. The van der Waals surface area contributed by atoms with Crippen molar-refractivity contribution in [1.29, 1.82) is 0 Å². The smallest absolute Gasteiger partial charge is 0.407 e. The number of nitrogens with zero attached hydrogens (tertiary/aromatic N) is 1. The lowest BCUT2D eigenvalue weighted by molar-refractivity contribution is -0.169. The Morgan fingerprint density at radius 1 is 1.00 bits per heavy atom. The molecule has 174 valence electrons. The van der Waals surface area contributed by atoms with Crippen molar-refractivity contribution >= 4 is 22.7 Å². The summed E-state index contributed by atoms with van der Waals surface area (Å²) >= 11 is 0. The van der Waals surface area contributed by atoms with Crippen LogP contribution in [0.25, 0.3) is 0 Å². The third-order valence-electron chi connectivity index (χ3n) is 4.35. The lowest BCUT2D eigenvalue weighted by Crippen LogP contribution is -2.56. The minimum atomic E-state index is -4.92. The molecule has 0 fully saturated rings. The molecule has 9 heteroatoms. The van der Waals surface area contributed by atoms with Gasteiger partial charge in [-0.05, 0) is 27.7 Å². The molecule has 5 nitrogen and oxygen atoms in total. The molecular formula is C23H27F3N2O3S. The molecule has 0 aliphatic rings. The summed E-state index contributed by atoms with van der Waals surface area (Å²) in [6, 6.07) is 12.7. The predicted molar refractivity (Wildman–Crippen MR) is 120 cm³/mol. The number of carbonyl (C=O) groups is 1. The van der Waals surface area contributed by atoms with E-state index in [1.165, 1.54) is 27.7 Å². The van der Waals surface area contributed by atoms with Gasteiger partial charge in [-0.1, -0.05) is 60.7 Å². The number of benzene rings is 2. The van der Waals surface area contributed by atoms with E-state index < -0.39 is 40.0 Å². The molecule has 0 aromatic heterocycles. The number of nitrogens with one attached hydrogen (secondary N) is 1. The second kappa shape index (κ2) is 10.9. The van der Waals surface area contributed by atoms with Gasteiger partial charge in [0.2, 0.25) is 0 Å². The van der Waals surface area contributed by atoms with Crippen LogP contribution in [-0.2, 0) is 20.5 Å². The number of rotatable bonds is 8. The third-order valence-corrected chi connectivity index (χ3v) is 5.93. The summed E-state index contributed by atoms with van der Waals surface area (Å²) < 4.78 is 60.9. The second-order valence-electron chi connectivity index (χ2n) is 7.92. The average molecular weight is 469 g/mol. The van der Waals surface area contributed by atoms with Crippen LogP contribution in [-0.4, -0.2) is 45.5 Å². The first-order valence-corrected chi connectivity index (χ1v) is 11.2. The zero-order valence-corrected chi connectivity index (χ0v) is 19.2. The fourth-order valence-corrected chi connectivity index (χ4v) is 3.59. The highest BCUT2D eigenvalue weighted by Crippen LogP contribution is 2.28. The Bertz CT molecular complexity index is 901. The van der Waals surface area contributed by atoms with E-state index in [1.807, 2.05) is 0 Å². The average Bonchev–Trinajstić information content (AvgIpc) is 2.73. The Labute approximate surface area is 188 Å². The first-order chi connectivity index (χ1) is 14.9. The Morgan fingerprint density at radius 2 is 1.47 bits per heavy atom. The molecule has 32 heavy (non-hydrogen) atoms. The normalized spacial score (nSPS) is 14.8. The standard InChI is InChI=1S/C23H27F3N2O3S/c1-5-31-21(29)19(20(23(24,25)26)28-32(30)22(2,3)4)27-18(16-12-8-6-9-13-16)17-14-10-7-11-15-17/h6-15,19-20,28H,5H2,1-4H3/t19-,20+,32-/m0/s1. The van der Waals surface area contributed by atoms with Crippen molar-refractivity contribution < 1.29 is 26.9 Å². The van der Waals surface area contributed by atoms with Crippen LogP contribution in [0.1, 0.15) is 38.8 Å². The fourth-order valence-electron chi connectivity index (χ4n) is 2.74. The summed E-state index contributed by atoms with van der Waals surface area (Å²) in [4.78, 5) is 17.0. The van der Waals surface area contributed by atoms with Gasteiger partial charge < -0.3 is 4.74 Å². The van der Waals surface area contributed by atoms with E-state index in [0.29, 0.717) is 11.1 Å². The van der Waals surface area contributed by atoms with E-state index in [-0.39, 0.29) is 12.3 Å². The van der Waals surface area contributed by atoms with Crippen molar-refractivity contribution in [1.82, 2.24) is 4.72 Å². The van der Waals surface area contributed by atoms with Crippen LogP contribution in [0.5, 0.6) is 0 Å². The summed E-state index contributed by atoms with van der Waals surface area (Å²) in [5, 5.41) is 0. The quantitative estimate of drug-likeness (QED) is 0.460. The van der Waals surface area contributed by atoms with Crippen LogP contribution in [0, 0.1) is 0 Å². The summed E-state index contributed by atoms with van der Waals surface area (Å²) in [7, 11) is -2.11. The molecule has 2 aromatic carbocycles. The number of hydrogen-bond acceptors (Lipinski definition) is 4. The molecule has 3 atom stereocenters. The fraction of sp³-hybridized carbons (Fsp3) is 0.391. The highest BCUT2D eigenvalue weighted by Gasteiger charge is 2.50. The van der Waals surface area contributed by atoms with Crippen LogP contribution in [0.2, 0.25) is 0 Å². The molecule has 2 rings (SSSR count). The van der Waals surface area contributed by atoms with Gasteiger partial charge in [-0.25, -0.2) is 13.7 Å². The Morgan fingerprint density at radius 3 is 1.84 bits per heavy atom. The third kappa shape index (κ3) is 7.00. The van der Waals surface area contributed by atoms with E-state index in [2.05, 4.69) is 9.71 Å². The number of halogens is 3. The molecule has 2 aromatic rings. The van der Waals surface area contributed by atoms with Gasteiger partial charge in [0.15, 0.2) is 6.04 Å². The molecular weight excluding hydrogens is 441 g/mol. The molecule has 0 saturated carbocycles. The maximum atomic E-state index is 14.1. The summed E-state index contributed by atoms with van der Waals surface area (Å²) in [5.41, 5.74) is 1.26. The molecule has 1 N–H and O–H groups in total. The zero-order chi connectivity index (χ0) is 23.9. The van der Waals surface area contributed by atoms with Gasteiger partial charge in [0.1, 0.15) is 6.04 Å². The number of hydrogen-bond donors (Lipinski definition) is 1. The molecule has 0 aliphatic heterocycles. The molecule has 0 bridgehead atoms. The van der Waals surface area contributed by atoms with Gasteiger partial charge in [-0.15, -0.1) is 0 Å². The lowest BCUT2D eigenvalue weighted by atomic mass is 10.0. The van der Waals surface area contributed by atoms with E-state index in [4.69, 9.17) is 4.74 Å². The summed E-state index contributed by atoms with van der Waals surface area (Å²) in [5.74, 6) is -1.16. The van der Waals surface area contributed by atoms with Crippen molar-refractivity contribution in [3.63, 3.8) is 0 Å². The molecule has 0 spiro atoms. The maximum Gasteiger partial charge on any atom is 0.407 e. The lowest BCUT2D eigenvalue weighted by Gasteiger charge is -2.29. The Hall–Kier alpha value is -2.52. The van der Waals surface area contributed by atoms with Crippen molar-refractivity contribution in [3.05, 3.63) is 71.8 Å². The van der Waals surface area contributed by atoms with Crippen LogP contribution < -0.4 is 4.72 Å². The number of aliphatic imine (C=N–C) groups is 1. The SMILES string of the molecule is CCOC(=O)[C@@H](N=C(c1ccccc1)c1ccccc1)[C@@H](N[S@@](=O)C(C)(C)C)C(F)(F)F. The van der Waals surface area contributed by atoms with Crippen molar-refractivity contribution in [2.24, 2.45) is 4.99 Å². The zero-order valence-electron chi connectivity index (χ0n) is 18.3.